The van der Waals surface area contributed by atoms with Gasteiger partial charge in [-0.25, -0.2) is 0 Å². The van der Waals surface area contributed by atoms with E-state index in [1.165, 1.54) is 0 Å². The predicted molar refractivity (Wildman–Crippen MR) is 73.2 cm³/mol. The smallest absolute Gasteiger partial charge is 0.119 e. The second-order valence-corrected chi connectivity index (χ2v) is 4.09. The van der Waals surface area contributed by atoms with Crippen LogP contribution in [0.5, 0.6) is 11.5 Å². The lowest BCUT2D eigenvalue weighted by molar-refractivity contribution is 0.414. The molecule has 94 valence electrons. The molecule has 0 fully saturated rings. The summed E-state index contributed by atoms with van der Waals surface area (Å²) in [4.78, 5) is 0. The van der Waals surface area contributed by atoms with Gasteiger partial charge >= 0.3 is 0 Å². The predicted octanol–water partition coefficient (Wildman–Crippen LogP) is 2.88. The zero-order valence-electron chi connectivity index (χ0n) is 10.6. The lowest BCUT2D eigenvalue weighted by atomic mass is 10.0. The number of benzene rings is 2. The van der Waals surface area contributed by atoms with Crippen LogP contribution in [0.4, 0.5) is 5.69 Å². The van der Waals surface area contributed by atoms with Crippen molar-refractivity contribution in [3.63, 3.8) is 0 Å². The first kappa shape index (κ1) is 12.3. The van der Waals surface area contributed by atoms with E-state index in [9.17, 15) is 0 Å². The summed E-state index contributed by atoms with van der Waals surface area (Å²) >= 11 is 0. The van der Waals surface area contributed by atoms with Gasteiger partial charge in [-0.1, -0.05) is 12.1 Å². The van der Waals surface area contributed by atoms with Gasteiger partial charge in [0, 0.05) is 5.69 Å². The number of ether oxygens (including phenoxy) is 2. The van der Waals surface area contributed by atoms with Crippen LogP contribution in [0.2, 0.25) is 0 Å². The minimum atomic E-state index is 0.764. The molecule has 0 aliphatic carbocycles. The van der Waals surface area contributed by atoms with Crippen LogP contribution >= 0.6 is 0 Å². The van der Waals surface area contributed by atoms with Crippen molar-refractivity contribution in [2.75, 3.05) is 20.0 Å². The molecule has 0 atom stereocenters. The van der Waals surface area contributed by atoms with Gasteiger partial charge in [0.25, 0.3) is 0 Å². The van der Waals surface area contributed by atoms with Gasteiger partial charge in [-0.3, -0.25) is 0 Å². The molecular weight excluding hydrogens is 226 g/mol. The Kier molecular flexibility index (Phi) is 3.72. The normalized spacial score (nSPS) is 10.1. The summed E-state index contributed by atoms with van der Waals surface area (Å²) in [7, 11) is 3.32. The van der Waals surface area contributed by atoms with Crippen LogP contribution < -0.4 is 15.2 Å². The lowest BCUT2D eigenvalue weighted by Crippen LogP contribution is -1.97. The summed E-state index contributed by atoms with van der Waals surface area (Å²) < 4.78 is 10.4. The maximum absolute atomic E-state index is 5.98. The highest BCUT2D eigenvalue weighted by molar-refractivity contribution is 5.52. The van der Waals surface area contributed by atoms with Crippen LogP contribution in [0.25, 0.3) is 0 Å². The quantitative estimate of drug-likeness (QED) is 0.840. The van der Waals surface area contributed by atoms with Crippen molar-refractivity contribution in [3.05, 3.63) is 53.6 Å². The highest BCUT2D eigenvalue weighted by atomic mass is 16.5. The van der Waals surface area contributed by atoms with Gasteiger partial charge in [0.15, 0.2) is 0 Å². The minimum absolute atomic E-state index is 0.764. The van der Waals surface area contributed by atoms with Crippen LogP contribution in [0.1, 0.15) is 11.1 Å². The van der Waals surface area contributed by atoms with Gasteiger partial charge in [0.1, 0.15) is 11.5 Å². The van der Waals surface area contributed by atoms with Gasteiger partial charge in [0.05, 0.1) is 14.2 Å². The number of anilines is 1. The Morgan fingerprint density at radius 3 is 2.39 bits per heavy atom. The van der Waals surface area contributed by atoms with Gasteiger partial charge in [-0.2, -0.15) is 0 Å². The second-order valence-electron chi connectivity index (χ2n) is 4.09. The van der Waals surface area contributed by atoms with Gasteiger partial charge < -0.3 is 15.2 Å². The molecule has 2 aromatic carbocycles. The molecule has 0 aliphatic heterocycles. The number of hydrogen-bond donors (Lipinski definition) is 1. The maximum atomic E-state index is 5.98. The van der Waals surface area contributed by atoms with Gasteiger partial charge in [-0.15, -0.1) is 0 Å². The first-order valence-electron chi connectivity index (χ1n) is 5.78. The first-order valence-corrected chi connectivity index (χ1v) is 5.78. The number of rotatable bonds is 4. The molecule has 2 rings (SSSR count). The molecule has 0 aromatic heterocycles. The fourth-order valence-electron chi connectivity index (χ4n) is 1.86. The average Bonchev–Trinajstić information content (AvgIpc) is 2.41. The summed E-state index contributed by atoms with van der Waals surface area (Å²) in [5.74, 6) is 1.68. The highest BCUT2D eigenvalue weighted by Crippen LogP contribution is 2.23. The molecule has 0 bridgehead atoms. The van der Waals surface area contributed by atoms with Crippen molar-refractivity contribution in [2.24, 2.45) is 0 Å². The summed E-state index contributed by atoms with van der Waals surface area (Å²) in [6.07, 6.45) is 0.764. The SMILES string of the molecule is COc1cccc(Cc2cc(OC)ccc2N)c1. The molecule has 2 N–H and O–H groups in total. The largest absolute Gasteiger partial charge is 0.497 e. The third-order valence-corrected chi connectivity index (χ3v) is 2.88. The number of methoxy groups -OCH3 is 2. The molecule has 0 radical (unpaired) electrons. The molecule has 0 saturated heterocycles. The molecule has 0 amide bonds. The zero-order valence-corrected chi connectivity index (χ0v) is 10.6. The third kappa shape index (κ3) is 2.74. The van der Waals surface area contributed by atoms with Crippen molar-refractivity contribution < 1.29 is 9.47 Å². The van der Waals surface area contributed by atoms with Crippen LogP contribution in [0.3, 0.4) is 0 Å². The van der Waals surface area contributed by atoms with Crippen molar-refractivity contribution in [1.82, 2.24) is 0 Å². The summed E-state index contributed by atoms with van der Waals surface area (Å²) in [5, 5.41) is 0. The van der Waals surface area contributed by atoms with Crippen molar-refractivity contribution in [2.45, 2.75) is 6.42 Å². The topological polar surface area (TPSA) is 44.5 Å². The number of hydrogen-bond acceptors (Lipinski definition) is 3. The monoisotopic (exact) mass is 243 g/mol. The molecule has 2 aromatic rings. The van der Waals surface area contributed by atoms with E-state index < -0.39 is 0 Å². The Hall–Kier alpha value is -2.16. The Morgan fingerprint density at radius 1 is 0.944 bits per heavy atom. The summed E-state index contributed by atoms with van der Waals surface area (Å²) in [6, 6.07) is 13.7. The number of nitrogen functional groups attached to an aromatic ring is 1. The maximum Gasteiger partial charge on any atom is 0.119 e. The van der Waals surface area contributed by atoms with Crippen LogP contribution in [-0.4, -0.2) is 14.2 Å². The van der Waals surface area contributed by atoms with E-state index in [-0.39, 0.29) is 0 Å². The molecule has 0 saturated carbocycles. The third-order valence-electron chi connectivity index (χ3n) is 2.88. The Balaban J connectivity index is 2.27. The molecule has 0 unspecified atom stereocenters. The first-order chi connectivity index (χ1) is 8.72. The highest BCUT2D eigenvalue weighted by Gasteiger charge is 2.04. The lowest BCUT2D eigenvalue weighted by Gasteiger charge is -2.09. The molecule has 18 heavy (non-hydrogen) atoms. The minimum Gasteiger partial charge on any atom is -0.497 e. The van der Waals surface area contributed by atoms with E-state index in [4.69, 9.17) is 15.2 Å². The van der Waals surface area contributed by atoms with E-state index >= 15 is 0 Å². The molecule has 3 nitrogen and oxygen atoms in total. The van der Waals surface area contributed by atoms with Crippen molar-refractivity contribution in [3.8, 4) is 11.5 Å². The fourth-order valence-corrected chi connectivity index (χ4v) is 1.86. The number of nitrogens with two attached hydrogens (primary N) is 1. The second kappa shape index (κ2) is 5.45. The zero-order chi connectivity index (χ0) is 13.0. The fraction of sp³-hybridized carbons (Fsp3) is 0.200. The van der Waals surface area contributed by atoms with Gasteiger partial charge in [0.2, 0.25) is 0 Å². The molecule has 3 heteroatoms. The molecule has 0 heterocycles. The van der Waals surface area contributed by atoms with Crippen LogP contribution in [-0.2, 0) is 6.42 Å². The van der Waals surface area contributed by atoms with E-state index in [2.05, 4.69) is 6.07 Å². The summed E-state index contributed by atoms with van der Waals surface area (Å²) in [6.45, 7) is 0. The standard InChI is InChI=1S/C15H17NO2/c1-17-13-5-3-4-11(9-13)8-12-10-14(18-2)6-7-15(12)16/h3-7,9-10H,8,16H2,1-2H3. The average molecular weight is 243 g/mol. The van der Waals surface area contributed by atoms with Gasteiger partial charge in [-0.05, 0) is 47.9 Å². The summed E-state index contributed by atoms with van der Waals surface area (Å²) in [5.41, 5.74) is 8.97. The van der Waals surface area contributed by atoms with Crippen LogP contribution in [0.15, 0.2) is 42.5 Å². The molecular formula is C15H17NO2. The molecule has 0 aliphatic rings. The van der Waals surface area contributed by atoms with Crippen LogP contribution in [0, 0.1) is 0 Å². The Labute approximate surface area is 107 Å². The Bertz CT molecular complexity index is 538. The van der Waals surface area contributed by atoms with Crippen molar-refractivity contribution >= 4 is 5.69 Å². The van der Waals surface area contributed by atoms with E-state index in [1.807, 2.05) is 36.4 Å². The van der Waals surface area contributed by atoms with E-state index in [0.29, 0.717) is 0 Å². The van der Waals surface area contributed by atoms with Crippen molar-refractivity contribution in [1.29, 1.82) is 0 Å². The van der Waals surface area contributed by atoms with E-state index in [1.54, 1.807) is 14.2 Å². The molecule has 0 spiro atoms. The van der Waals surface area contributed by atoms with E-state index in [0.717, 1.165) is 34.7 Å². The Morgan fingerprint density at radius 2 is 1.67 bits per heavy atom.